The third-order valence-corrected chi connectivity index (χ3v) is 5.91. The number of carbonyl (C=O) groups is 2. The van der Waals surface area contributed by atoms with Crippen LogP contribution in [0.15, 0.2) is 29.3 Å². The van der Waals surface area contributed by atoms with Crippen molar-refractivity contribution in [1.29, 1.82) is 0 Å². The molecule has 0 bridgehead atoms. The molecular weight excluding hydrogens is 346 g/mol. The minimum absolute atomic E-state index is 0.0915. The zero-order chi connectivity index (χ0) is 18.7. The second-order valence-corrected chi connectivity index (χ2v) is 7.62. The maximum absolute atomic E-state index is 12.7. The summed E-state index contributed by atoms with van der Waals surface area (Å²) in [6, 6.07) is 4.25. The third-order valence-electron chi connectivity index (χ3n) is 4.98. The molecule has 0 saturated heterocycles. The van der Waals surface area contributed by atoms with Gasteiger partial charge in [0.25, 0.3) is 0 Å². The SMILES string of the molecule is CCC(CC)n1ncc(C)c1NC(=O)CC1=C(c2cccs2)CCC1=O. The van der Waals surface area contributed by atoms with Gasteiger partial charge in [0.1, 0.15) is 5.82 Å². The third kappa shape index (κ3) is 3.65. The van der Waals surface area contributed by atoms with Crippen LogP contribution in [0.4, 0.5) is 5.82 Å². The Labute approximate surface area is 158 Å². The normalized spacial score (nSPS) is 14.5. The number of anilines is 1. The summed E-state index contributed by atoms with van der Waals surface area (Å²) in [5.41, 5.74) is 2.64. The lowest BCUT2D eigenvalue weighted by atomic mass is 10.1. The minimum Gasteiger partial charge on any atom is -0.310 e. The van der Waals surface area contributed by atoms with E-state index in [0.29, 0.717) is 12.0 Å². The van der Waals surface area contributed by atoms with Gasteiger partial charge in [-0.1, -0.05) is 19.9 Å². The van der Waals surface area contributed by atoms with Crippen LogP contribution in [0.3, 0.4) is 0 Å². The number of nitrogens with zero attached hydrogens (tertiary/aromatic N) is 2. The summed E-state index contributed by atoms with van der Waals surface area (Å²) in [7, 11) is 0. The van der Waals surface area contributed by atoms with Crippen molar-refractivity contribution in [2.45, 2.75) is 58.9 Å². The van der Waals surface area contributed by atoms with Gasteiger partial charge >= 0.3 is 0 Å². The molecule has 138 valence electrons. The van der Waals surface area contributed by atoms with Crippen LogP contribution >= 0.6 is 11.3 Å². The average molecular weight is 372 g/mol. The highest BCUT2D eigenvalue weighted by Gasteiger charge is 2.27. The maximum Gasteiger partial charge on any atom is 0.230 e. The molecule has 0 saturated carbocycles. The van der Waals surface area contributed by atoms with Crippen LogP contribution in [0.1, 0.15) is 62.4 Å². The van der Waals surface area contributed by atoms with Crippen molar-refractivity contribution >= 4 is 34.4 Å². The quantitative estimate of drug-likeness (QED) is 0.763. The molecule has 5 nitrogen and oxygen atoms in total. The first kappa shape index (κ1) is 18.6. The molecule has 2 aromatic rings. The summed E-state index contributed by atoms with van der Waals surface area (Å²) in [5.74, 6) is 0.682. The average Bonchev–Trinajstić information content (AvgIpc) is 3.34. The number of carbonyl (C=O) groups excluding carboxylic acids is 2. The number of allylic oxidation sites excluding steroid dienone is 1. The van der Waals surface area contributed by atoms with E-state index in [2.05, 4.69) is 24.3 Å². The van der Waals surface area contributed by atoms with Crippen LogP contribution in [0.5, 0.6) is 0 Å². The largest absolute Gasteiger partial charge is 0.310 e. The van der Waals surface area contributed by atoms with E-state index in [0.717, 1.165) is 41.1 Å². The first-order chi connectivity index (χ1) is 12.5. The summed E-state index contributed by atoms with van der Waals surface area (Å²) in [4.78, 5) is 26.1. The lowest BCUT2D eigenvalue weighted by Crippen LogP contribution is -2.20. The molecular formula is C20H25N3O2S. The van der Waals surface area contributed by atoms with Crippen molar-refractivity contribution < 1.29 is 9.59 Å². The number of amides is 1. The van der Waals surface area contributed by atoms with Crippen LogP contribution in [0, 0.1) is 6.92 Å². The zero-order valence-electron chi connectivity index (χ0n) is 15.5. The lowest BCUT2D eigenvalue weighted by Gasteiger charge is -2.18. The van der Waals surface area contributed by atoms with Gasteiger partial charge in [0.05, 0.1) is 18.7 Å². The zero-order valence-corrected chi connectivity index (χ0v) is 16.4. The number of hydrogen-bond acceptors (Lipinski definition) is 4. The summed E-state index contributed by atoms with van der Waals surface area (Å²) < 4.78 is 1.90. The van der Waals surface area contributed by atoms with Crippen molar-refractivity contribution in [3.05, 3.63) is 39.7 Å². The molecule has 0 atom stereocenters. The highest BCUT2D eigenvalue weighted by Crippen LogP contribution is 2.36. The fourth-order valence-electron chi connectivity index (χ4n) is 3.49. The van der Waals surface area contributed by atoms with Crippen molar-refractivity contribution in [3.8, 4) is 0 Å². The summed E-state index contributed by atoms with van der Waals surface area (Å²) in [6.07, 6.45) is 5.04. The van der Waals surface area contributed by atoms with Gasteiger partial charge in [-0.2, -0.15) is 5.10 Å². The number of Topliss-reactive ketones (excluding diaryl/α,β-unsaturated/α-hetero) is 1. The van der Waals surface area contributed by atoms with E-state index < -0.39 is 0 Å². The van der Waals surface area contributed by atoms with E-state index in [4.69, 9.17) is 0 Å². The van der Waals surface area contributed by atoms with Crippen molar-refractivity contribution in [1.82, 2.24) is 9.78 Å². The fraction of sp³-hybridized carbons (Fsp3) is 0.450. The fourth-order valence-corrected chi connectivity index (χ4v) is 4.32. The second-order valence-electron chi connectivity index (χ2n) is 6.67. The molecule has 1 N–H and O–H groups in total. The van der Waals surface area contributed by atoms with E-state index in [1.54, 1.807) is 17.5 Å². The Morgan fingerprint density at radius 2 is 2.12 bits per heavy atom. The van der Waals surface area contributed by atoms with Gasteiger partial charge in [-0.05, 0) is 43.2 Å². The van der Waals surface area contributed by atoms with Crippen molar-refractivity contribution in [2.75, 3.05) is 5.32 Å². The van der Waals surface area contributed by atoms with Gasteiger partial charge in [-0.3, -0.25) is 9.59 Å². The van der Waals surface area contributed by atoms with Crippen LogP contribution in [0.2, 0.25) is 0 Å². The molecule has 26 heavy (non-hydrogen) atoms. The Balaban J connectivity index is 1.80. The molecule has 0 fully saturated rings. The number of rotatable bonds is 7. The Bertz CT molecular complexity index is 829. The Morgan fingerprint density at radius 1 is 1.35 bits per heavy atom. The predicted octanol–water partition coefficient (Wildman–Crippen LogP) is 4.76. The Hall–Kier alpha value is -2.21. The van der Waals surface area contributed by atoms with E-state index in [9.17, 15) is 9.59 Å². The van der Waals surface area contributed by atoms with Gasteiger partial charge in [0, 0.05) is 22.4 Å². The molecule has 2 heterocycles. The summed E-state index contributed by atoms with van der Waals surface area (Å²) >= 11 is 1.62. The molecule has 1 amide bonds. The molecule has 0 spiro atoms. The number of aryl methyl sites for hydroxylation is 1. The monoisotopic (exact) mass is 371 g/mol. The molecule has 2 aromatic heterocycles. The topological polar surface area (TPSA) is 64.0 Å². The van der Waals surface area contributed by atoms with Gasteiger partial charge in [0.2, 0.25) is 5.91 Å². The highest BCUT2D eigenvalue weighted by atomic mass is 32.1. The van der Waals surface area contributed by atoms with Crippen LogP contribution < -0.4 is 5.32 Å². The van der Waals surface area contributed by atoms with Crippen LogP contribution in [-0.4, -0.2) is 21.5 Å². The first-order valence-corrected chi connectivity index (χ1v) is 10.1. The van der Waals surface area contributed by atoms with Crippen LogP contribution in [0.25, 0.3) is 5.57 Å². The number of ketones is 1. The van der Waals surface area contributed by atoms with Gasteiger partial charge in [0.15, 0.2) is 5.78 Å². The molecule has 0 aromatic carbocycles. The van der Waals surface area contributed by atoms with Crippen molar-refractivity contribution in [2.24, 2.45) is 0 Å². The van der Waals surface area contributed by atoms with Gasteiger partial charge in [-0.15, -0.1) is 11.3 Å². The maximum atomic E-state index is 12.7. The number of aromatic nitrogens is 2. The van der Waals surface area contributed by atoms with Crippen molar-refractivity contribution in [3.63, 3.8) is 0 Å². The Morgan fingerprint density at radius 3 is 2.77 bits per heavy atom. The Kier molecular flexibility index (Phi) is 5.71. The molecule has 0 unspecified atom stereocenters. The molecule has 1 aliphatic rings. The molecule has 0 aliphatic heterocycles. The van der Waals surface area contributed by atoms with E-state index in [1.807, 2.05) is 29.1 Å². The summed E-state index contributed by atoms with van der Waals surface area (Å²) in [6.45, 7) is 6.18. The van der Waals surface area contributed by atoms with Crippen LogP contribution in [-0.2, 0) is 9.59 Å². The standard InChI is InChI=1S/C20H25N3O2S/c1-4-14(5-2)23-20(13(3)12-21-23)22-19(25)11-16-15(8-9-17(16)24)18-7-6-10-26-18/h6-7,10,12,14H,4-5,8-9,11H2,1-3H3,(H,22,25). The van der Waals surface area contributed by atoms with E-state index in [-0.39, 0.29) is 24.2 Å². The number of thiophene rings is 1. The van der Waals surface area contributed by atoms with E-state index in [1.165, 1.54) is 0 Å². The van der Waals surface area contributed by atoms with E-state index >= 15 is 0 Å². The molecule has 1 aliphatic carbocycles. The molecule has 0 radical (unpaired) electrons. The summed E-state index contributed by atoms with van der Waals surface area (Å²) in [5, 5.41) is 9.44. The lowest BCUT2D eigenvalue weighted by molar-refractivity contribution is -0.119. The second kappa shape index (κ2) is 7.99. The minimum atomic E-state index is -0.153. The number of hydrogen-bond donors (Lipinski definition) is 1. The van der Waals surface area contributed by atoms with Gasteiger partial charge < -0.3 is 5.32 Å². The highest BCUT2D eigenvalue weighted by molar-refractivity contribution is 7.11. The number of nitrogens with one attached hydrogen (secondary N) is 1. The molecule has 6 heteroatoms. The first-order valence-electron chi connectivity index (χ1n) is 9.18. The smallest absolute Gasteiger partial charge is 0.230 e. The van der Waals surface area contributed by atoms with Gasteiger partial charge in [-0.25, -0.2) is 4.68 Å². The molecule has 3 rings (SSSR count). The predicted molar refractivity (Wildman–Crippen MR) is 105 cm³/mol.